The smallest absolute Gasteiger partial charge is 0.271 e. The third kappa shape index (κ3) is 2.77. The molecule has 1 N–H and O–H groups in total. The summed E-state index contributed by atoms with van der Waals surface area (Å²) in [6.45, 7) is 3.17. The van der Waals surface area contributed by atoms with Gasteiger partial charge in [0.1, 0.15) is 0 Å². The van der Waals surface area contributed by atoms with Gasteiger partial charge in [0, 0.05) is 37.0 Å². The number of nitrogens with zero attached hydrogens (tertiary/aromatic N) is 2. The number of hydrogen-bond acceptors (Lipinski definition) is 4. The number of hydrogen-bond donors (Lipinski definition) is 1. The highest BCUT2D eigenvalue weighted by atomic mass is 16.6. The first-order valence-corrected chi connectivity index (χ1v) is 7.47. The molecule has 1 atom stereocenters. The number of benzene rings is 1. The zero-order valence-corrected chi connectivity index (χ0v) is 11.6. The summed E-state index contributed by atoms with van der Waals surface area (Å²) in [5, 5.41) is 14.4. The lowest BCUT2D eigenvalue weighted by atomic mass is 9.88. The van der Waals surface area contributed by atoms with Crippen molar-refractivity contribution in [1.82, 2.24) is 5.32 Å². The normalized spacial score (nSPS) is 24.0. The number of rotatable bonds is 3. The first-order chi connectivity index (χ1) is 9.74. The Labute approximate surface area is 119 Å². The van der Waals surface area contributed by atoms with Crippen LogP contribution >= 0.6 is 0 Å². The molecule has 1 aromatic rings. The second-order valence-corrected chi connectivity index (χ2v) is 5.80. The minimum Gasteiger partial charge on any atom is -0.371 e. The highest BCUT2D eigenvalue weighted by Crippen LogP contribution is 2.29. The Kier molecular flexibility index (Phi) is 3.87. The van der Waals surface area contributed by atoms with Crippen molar-refractivity contribution in [3.05, 3.63) is 34.4 Å². The largest absolute Gasteiger partial charge is 0.371 e. The molecule has 1 aromatic carbocycles. The average Bonchev–Trinajstić information content (AvgIpc) is 3.02. The van der Waals surface area contributed by atoms with Crippen LogP contribution in [0.15, 0.2) is 24.3 Å². The summed E-state index contributed by atoms with van der Waals surface area (Å²) in [7, 11) is 0. The lowest BCUT2D eigenvalue weighted by Crippen LogP contribution is -2.40. The van der Waals surface area contributed by atoms with Gasteiger partial charge >= 0.3 is 0 Å². The standard InChI is InChI=1S/C15H21N3O2/c19-18(20)14-4-1-3-13(11-14)17-9-6-12(7-10-17)15-5-2-8-16-15/h1,3-4,11-12,15-16H,2,5-10H2. The third-order valence-electron chi connectivity index (χ3n) is 4.61. The van der Waals surface area contributed by atoms with Crippen LogP contribution in [0, 0.1) is 16.0 Å². The van der Waals surface area contributed by atoms with Crippen LogP contribution in [0.25, 0.3) is 0 Å². The van der Waals surface area contributed by atoms with Crippen molar-refractivity contribution >= 4 is 11.4 Å². The van der Waals surface area contributed by atoms with E-state index in [0.717, 1.165) is 31.2 Å². The van der Waals surface area contributed by atoms with Gasteiger partial charge in [-0.15, -0.1) is 0 Å². The van der Waals surface area contributed by atoms with Gasteiger partial charge in [-0.25, -0.2) is 0 Å². The van der Waals surface area contributed by atoms with Crippen molar-refractivity contribution in [1.29, 1.82) is 0 Å². The predicted molar refractivity (Wildman–Crippen MR) is 79.1 cm³/mol. The molecule has 0 bridgehead atoms. The lowest BCUT2D eigenvalue weighted by molar-refractivity contribution is -0.384. The fourth-order valence-corrected chi connectivity index (χ4v) is 3.48. The Hall–Kier alpha value is -1.62. The highest BCUT2D eigenvalue weighted by molar-refractivity contribution is 5.53. The van der Waals surface area contributed by atoms with Crippen LogP contribution in [0.5, 0.6) is 0 Å². The molecule has 0 spiro atoms. The number of non-ortho nitro benzene ring substituents is 1. The van der Waals surface area contributed by atoms with E-state index in [0.29, 0.717) is 6.04 Å². The number of nitro groups is 1. The molecule has 108 valence electrons. The molecule has 2 aliphatic heterocycles. The Morgan fingerprint density at radius 2 is 2.05 bits per heavy atom. The van der Waals surface area contributed by atoms with E-state index in [1.54, 1.807) is 18.2 Å². The maximum atomic E-state index is 10.8. The molecule has 5 nitrogen and oxygen atoms in total. The molecule has 0 aliphatic carbocycles. The second kappa shape index (κ2) is 5.79. The third-order valence-corrected chi connectivity index (χ3v) is 4.61. The predicted octanol–water partition coefficient (Wildman–Crippen LogP) is 2.56. The van der Waals surface area contributed by atoms with Crippen molar-refractivity contribution in [3.8, 4) is 0 Å². The molecule has 0 aromatic heterocycles. The average molecular weight is 275 g/mol. The van der Waals surface area contributed by atoms with Crippen molar-refractivity contribution in [2.45, 2.75) is 31.7 Å². The van der Waals surface area contributed by atoms with Gasteiger partial charge in [-0.2, -0.15) is 0 Å². The van der Waals surface area contributed by atoms with Gasteiger partial charge in [0.25, 0.3) is 5.69 Å². The van der Waals surface area contributed by atoms with Gasteiger partial charge in [0.2, 0.25) is 0 Å². The van der Waals surface area contributed by atoms with E-state index in [4.69, 9.17) is 0 Å². The first kappa shape index (κ1) is 13.4. The minimum atomic E-state index is -0.321. The molecular formula is C15H21N3O2. The molecule has 2 heterocycles. The van der Waals surface area contributed by atoms with Crippen LogP contribution < -0.4 is 10.2 Å². The summed E-state index contributed by atoms with van der Waals surface area (Å²) in [6, 6.07) is 7.69. The Bertz CT molecular complexity index is 478. The van der Waals surface area contributed by atoms with E-state index in [1.165, 1.54) is 25.7 Å². The fraction of sp³-hybridized carbons (Fsp3) is 0.600. The van der Waals surface area contributed by atoms with Gasteiger partial charge < -0.3 is 10.2 Å². The van der Waals surface area contributed by atoms with Crippen LogP contribution in [0.2, 0.25) is 0 Å². The maximum Gasteiger partial charge on any atom is 0.271 e. The maximum absolute atomic E-state index is 10.8. The minimum absolute atomic E-state index is 0.182. The van der Waals surface area contributed by atoms with Gasteiger partial charge in [0.05, 0.1) is 4.92 Å². The van der Waals surface area contributed by atoms with Crippen LogP contribution in [0.3, 0.4) is 0 Å². The van der Waals surface area contributed by atoms with E-state index in [-0.39, 0.29) is 10.6 Å². The van der Waals surface area contributed by atoms with Crippen molar-refractivity contribution in [2.75, 3.05) is 24.5 Å². The number of nitrogens with one attached hydrogen (secondary N) is 1. The van der Waals surface area contributed by atoms with Crippen molar-refractivity contribution in [2.24, 2.45) is 5.92 Å². The molecule has 5 heteroatoms. The summed E-state index contributed by atoms with van der Waals surface area (Å²) in [5.41, 5.74) is 1.17. The molecule has 2 saturated heterocycles. The molecule has 20 heavy (non-hydrogen) atoms. The van der Waals surface area contributed by atoms with E-state index >= 15 is 0 Å². The van der Waals surface area contributed by atoms with Gasteiger partial charge in [-0.1, -0.05) is 6.07 Å². The topological polar surface area (TPSA) is 58.4 Å². The summed E-state index contributed by atoms with van der Waals surface area (Å²) in [6.07, 6.45) is 4.97. The number of nitro benzene ring substituents is 1. The number of anilines is 1. The molecule has 0 saturated carbocycles. The van der Waals surface area contributed by atoms with Crippen LogP contribution in [-0.2, 0) is 0 Å². The van der Waals surface area contributed by atoms with Crippen LogP contribution in [0.1, 0.15) is 25.7 Å². The van der Waals surface area contributed by atoms with Crippen LogP contribution in [0.4, 0.5) is 11.4 Å². The van der Waals surface area contributed by atoms with E-state index in [9.17, 15) is 10.1 Å². The Morgan fingerprint density at radius 1 is 1.25 bits per heavy atom. The Balaban J connectivity index is 1.62. The van der Waals surface area contributed by atoms with E-state index in [2.05, 4.69) is 10.2 Å². The molecule has 0 amide bonds. The molecular weight excluding hydrogens is 254 g/mol. The molecule has 3 rings (SSSR count). The SMILES string of the molecule is O=[N+]([O-])c1cccc(N2CCC(C3CCCN3)CC2)c1. The quantitative estimate of drug-likeness (QED) is 0.680. The van der Waals surface area contributed by atoms with Crippen molar-refractivity contribution in [3.63, 3.8) is 0 Å². The molecule has 0 radical (unpaired) electrons. The monoisotopic (exact) mass is 275 g/mol. The van der Waals surface area contributed by atoms with Gasteiger partial charge in [0.15, 0.2) is 0 Å². The summed E-state index contributed by atoms with van der Waals surface area (Å²) in [5.74, 6) is 0.771. The van der Waals surface area contributed by atoms with Gasteiger partial charge in [-0.05, 0) is 44.2 Å². The zero-order chi connectivity index (χ0) is 13.9. The van der Waals surface area contributed by atoms with Crippen LogP contribution in [-0.4, -0.2) is 30.6 Å². The van der Waals surface area contributed by atoms with Gasteiger partial charge in [-0.3, -0.25) is 10.1 Å². The van der Waals surface area contributed by atoms with Crippen molar-refractivity contribution < 1.29 is 4.92 Å². The second-order valence-electron chi connectivity index (χ2n) is 5.80. The lowest BCUT2D eigenvalue weighted by Gasteiger charge is -2.36. The fourth-order valence-electron chi connectivity index (χ4n) is 3.48. The summed E-state index contributed by atoms with van der Waals surface area (Å²) >= 11 is 0. The zero-order valence-electron chi connectivity index (χ0n) is 11.6. The highest BCUT2D eigenvalue weighted by Gasteiger charge is 2.28. The van der Waals surface area contributed by atoms with E-state index in [1.807, 2.05) is 6.07 Å². The first-order valence-electron chi connectivity index (χ1n) is 7.47. The summed E-state index contributed by atoms with van der Waals surface area (Å²) < 4.78 is 0. The Morgan fingerprint density at radius 3 is 2.70 bits per heavy atom. The molecule has 2 aliphatic rings. The number of piperidine rings is 1. The van der Waals surface area contributed by atoms with E-state index < -0.39 is 0 Å². The molecule has 2 fully saturated rings. The summed E-state index contributed by atoms with van der Waals surface area (Å²) in [4.78, 5) is 12.8. The molecule has 1 unspecified atom stereocenters.